The number of aromatic nitrogens is 2. The minimum atomic E-state index is -1.24. The number of carbonyl (C=O) groups is 4. The molecule has 0 spiro atoms. The zero-order valence-electron chi connectivity index (χ0n) is 21.4. The number of amides is 3. The van der Waals surface area contributed by atoms with Crippen molar-refractivity contribution < 1.29 is 23.9 Å². The number of rotatable bonds is 10. The third-order valence-electron chi connectivity index (χ3n) is 6.13. The van der Waals surface area contributed by atoms with Gasteiger partial charge in [-0.25, -0.2) is 0 Å². The van der Waals surface area contributed by atoms with Crippen LogP contribution in [0.5, 0.6) is 0 Å². The number of para-hydroxylation sites is 1. The Bertz CT molecular complexity index is 1530. The molecule has 1 atom stereocenters. The fourth-order valence-electron chi connectivity index (χ4n) is 4.20. The van der Waals surface area contributed by atoms with Gasteiger partial charge in [-0.05, 0) is 48.6 Å². The van der Waals surface area contributed by atoms with Gasteiger partial charge in [-0.15, -0.1) is 0 Å². The van der Waals surface area contributed by atoms with E-state index in [2.05, 4.69) is 14.7 Å². The largest absolute Gasteiger partial charge is 0.465 e. The van der Waals surface area contributed by atoms with Gasteiger partial charge in [-0.3, -0.25) is 24.1 Å². The van der Waals surface area contributed by atoms with Crippen molar-refractivity contribution in [2.75, 3.05) is 23.8 Å². The van der Waals surface area contributed by atoms with Gasteiger partial charge in [0, 0.05) is 28.4 Å². The molecule has 4 rings (SSSR count). The smallest absolute Gasteiger partial charge is 0.325 e. The number of H-pyrrole nitrogens is 1. The maximum Gasteiger partial charge on any atom is 0.325 e. The molecular weight excluding hydrogens is 520 g/mol. The van der Waals surface area contributed by atoms with Crippen LogP contribution in [0.3, 0.4) is 0 Å². The number of primary amides is 1. The third-order valence-corrected chi connectivity index (χ3v) is 6.98. The first-order chi connectivity index (χ1) is 18.8. The average Bonchev–Trinajstić information content (AvgIpc) is 3.54. The van der Waals surface area contributed by atoms with E-state index in [4.69, 9.17) is 16.2 Å². The highest BCUT2D eigenvalue weighted by molar-refractivity contribution is 7.09. The SMILES string of the molecule is CCOC(=O)CNC(=O)C(c1c[nH]c2ccccc12)N(C(=O)c1snc(C(N)=O)c1N)c1ccc(CC)cc1. The molecule has 4 aromatic rings. The van der Waals surface area contributed by atoms with Crippen LogP contribution in [0, 0.1) is 0 Å². The summed E-state index contributed by atoms with van der Waals surface area (Å²) in [6, 6.07) is 13.2. The summed E-state index contributed by atoms with van der Waals surface area (Å²) in [5.41, 5.74) is 13.8. The number of hydrogen-bond acceptors (Lipinski definition) is 8. The summed E-state index contributed by atoms with van der Waals surface area (Å²) in [5.74, 6) is -2.78. The number of nitrogens with one attached hydrogen (secondary N) is 2. The molecule has 2 aromatic heterocycles. The van der Waals surface area contributed by atoms with E-state index >= 15 is 0 Å². The zero-order valence-corrected chi connectivity index (χ0v) is 22.2. The van der Waals surface area contributed by atoms with Gasteiger partial charge in [0.15, 0.2) is 5.69 Å². The van der Waals surface area contributed by atoms with Crippen LogP contribution < -0.4 is 21.7 Å². The predicted molar refractivity (Wildman–Crippen MR) is 148 cm³/mol. The van der Waals surface area contributed by atoms with Crippen molar-refractivity contribution in [2.24, 2.45) is 5.73 Å². The number of nitrogens with zero attached hydrogens (tertiary/aromatic N) is 2. The number of hydrogen-bond donors (Lipinski definition) is 4. The highest BCUT2D eigenvalue weighted by Crippen LogP contribution is 2.36. The Labute approximate surface area is 228 Å². The van der Waals surface area contributed by atoms with Gasteiger partial charge in [0.2, 0.25) is 5.91 Å². The molecule has 0 aliphatic heterocycles. The molecular formula is C27H28N6O5S. The van der Waals surface area contributed by atoms with Crippen molar-refractivity contribution in [3.05, 3.63) is 76.4 Å². The van der Waals surface area contributed by atoms with Crippen LogP contribution in [0.4, 0.5) is 11.4 Å². The van der Waals surface area contributed by atoms with Crippen LogP contribution in [0.2, 0.25) is 0 Å². The van der Waals surface area contributed by atoms with Gasteiger partial charge >= 0.3 is 5.97 Å². The first kappa shape index (κ1) is 27.3. The minimum absolute atomic E-state index is 0.0496. The molecule has 12 heteroatoms. The van der Waals surface area contributed by atoms with Crippen LogP contribution in [-0.2, 0) is 20.7 Å². The summed E-state index contributed by atoms with van der Waals surface area (Å²) in [6.45, 7) is 3.42. The van der Waals surface area contributed by atoms with Crippen molar-refractivity contribution in [3.63, 3.8) is 0 Å². The number of fused-ring (bicyclic) bond motifs is 1. The first-order valence-electron chi connectivity index (χ1n) is 12.2. The van der Waals surface area contributed by atoms with E-state index in [0.717, 1.165) is 29.0 Å². The molecule has 0 aliphatic carbocycles. The Kier molecular flexibility index (Phi) is 8.25. The van der Waals surface area contributed by atoms with Gasteiger partial charge in [-0.2, -0.15) is 4.37 Å². The van der Waals surface area contributed by atoms with Crippen LogP contribution in [0.25, 0.3) is 10.9 Å². The maximum absolute atomic E-state index is 14.2. The van der Waals surface area contributed by atoms with Crippen LogP contribution >= 0.6 is 11.5 Å². The van der Waals surface area contributed by atoms with Crippen molar-refractivity contribution in [2.45, 2.75) is 26.3 Å². The summed E-state index contributed by atoms with van der Waals surface area (Å²) < 4.78 is 8.92. The molecule has 1 unspecified atom stereocenters. The van der Waals surface area contributed by atoms with Crippen LogP contribution in [-0.4, -0.2) is 46.2 Å². The predicted octanol–water partition coefficient (Wildman–Crippen LogP) is 2.94. The number of nitrogens with two attached hydrogens (primary N) is 2. The summed E-state index contributed by atoms with van der Waals surface area (Å²) in [6.07, 6.45) is 2.41. The molecule has 3 amide bonds. The molecule has 6 N–H and O–H groups in total. The lowest BCUT2D eigenvalue weighted by molar-refractivity contribution is -0.143. The average molecular weight is 549 g/mol. The van der Waals surface area contributed by atoms with Crippen molar-refractivity contribution in [1.82, 2.24) is 14.7 Å². The highest BCUT2D eigenvalue weighted by atomic mass is 32.1. The van der Waals surface area contributed by atoms with Gasteiger partial charge in [0.05, 0.1) is 12.3 Å². The van der Waals surface area contributed by atoms with E-state index in [9.17, 15) is 19.2 Å². The Balaban J connectivity index is 1.89. The van der Waals surface area contributed by atoms with Crippen molar-refractivity contribution in [1.29, 1.82) is 0 Å². The van der Waals surface area contributed by atoms with E-state index in [1.807, 2.05) is 43.3 Å². The fraction of sp³-hybridized carbons (Fsp3) is 0.222. The second-order valence-corrected chi connectivity index (χ2v) is 9.32. The summed E-state index contributed by atoms with van der Waals surface area (Å²) in [7, 11) is 0. The molecule has 2 aromatic carbocycles. The number of anilines is 2. The Hall–Kier alpha value is -4.71. The number of esters is 1. The summed E-state index contributed by atoms with van der Waals surface area (Å²) in [4.78, 5) is 56.2. The third kappa shape index (κ3) is 5.60. The van der Waals surface area contributed by atoms with Crippen LogP contribution in [0.15, 0.2) is 54.7 Å². The lowest BCUT2D eigenvalue weighted by Gasteiger charge is -2.31. The number of ether oxygens (including phenoxy) is 1. The lowest BCUT2D eigenvalue weighted by Crippen LogP contribution is -2.45. The molecule has 0 radical (unpaired) electrons. The van der Waals surface area contributed by atoms with Gasteiger partial charge < -0.3 is 26.5 Å². The fourth-order valence-corrected chi connectivity index (χ4v) is 4.94. The Morgan fingerprint density at radius 2 is 1.82 bits per heavy atom. The Morgan fingerprint density at radius 1 is 1.10 bits per heavy atom. The van der Waals surface area contributed by atoms with E-state index in [1.54, 1.807) is 25.3 Å². The van der Waals surface area contributed by atoms with Crippen LogP contribution in [0.1, 0.15) is 51.2 Å². The number of carbonyl (C=O) groups excluding carboxylic acids is 4. The monoisotopic (exact) mass is 548 g/mol. The van der Waals surface area contributed by atoms with E-state index < -0.39 is 36.3 Å². The van der Waals surface area contributed by atoms with Gasteiger partial charge in [-0.1, -0.05) is 37.3 Å². The summed E-state index contributed by atoms with van der Waals surface area (Å²) >= 11 is 0.717. The number of benzene rings is 2. The molecule has 0 fully saturated rings. The topological polar surface area (TPSA) is 174 Å². The quantitative estimate of drug-likeness (QED) is 0.220. The molecule has 0 aliphatic rings. The molecule has 0 saturated carbocycles. The van der Waals surface area contributed by atoms with E-state index in [0.29, 0.717) is 16.6 Å². The molecule has 0 bridgehead atoms. The molecule has 39 heavy (non-hydrogen) atoms. The van der Waals surface area contributed by atoms with Crippen molar-refractivity contribution in [3.8, 4) is 0 Å². The Morgan fingerprint density at radius 3 is 2.46 bits per heavy atom. The molecule has 202 valence electrons. The second kappa shape index (κ2) is 11.8. The highest BCUT2D eigenvalue weighted by Gasteiger charge is 2.37. The minimum Gasteiger partial charge on any atom is -0.465 e. The summed E-state index contributed by atoms with van der Waals surface area (Å²) in [5, 5.41) is 3.30. The second-order valence-electron chi connectivity index (χ2n) is 8.55. The molecule has 11 nitrogen and oxygen atoms in total. The standard InChI is InChI=1S/C27H28N6O5S/c1-3-15-9-11-16(12-10-15)33(27(37)24-21(28)22(25(29)35)32-39-24)23(26(36)31-14-20(34)38-4-2)18-13-30-19-8-6-5-7-17(18)19/h5-13,23,30H,3-4,14,28H2,1-2H3,(H2,29,35)(H,31,36). The van der Waals surface area contributed by atoms with Gasteiger partial charge in [0.25, 0.3) is 11.8 Å². The maximum atomic E-state index is 14.2. The number of nitrogen functional groups attached to an aromatic ring is 1. The zero-order chi connectivity index (χ0) is 28.1. The lowest BCUT2D eigenvalue weighted by atomic mass is 10.0. The van der Waals surface area contributed by atoms with E-state index in [1.165, 1.54) is 4.90 Å². The number of aryl methyl sites for hydroxylation is 1. The van der Waals surface area contributed by atoms with Gasteiger partial charge in [0.1, 0.15) is 17.5 Å². The van der Waals surface area contributed by atoms with Crippen molar-refractivity contribution >= 4 is 57.5 Å². The molecule has 0 saturated heterocycles. The molecule has 2 heterocycles. The first-order valence-corrected chi connectivity index (χ1v) is 13.0. The normalized spacial score (nSPS) is 11.6. The number of aromatic amines is 1. The van der Waals surface area contributed by atoms with E-state index in [-0.39, 0.29) is 22.9 Å².